The Morgan fingerprint density at radius 3 is 2.36 bits per heavy atom. The molecule has 2 aliphatic heterocycles. The Balaban J connectivity index is 1.26. The van der Waals surface area contributed by atoms with Gasteiger partial charge in [-0.2, -0.15) is 13.2 Å². The molecule has 2 aromatic carbocycles. The molecule has 1 saturated heterocycles. The van der Waals surface area contributed by atoms with Crippen LogP contribution < -0.4 is 15.4 Å². The maximum atomic E-state index is 14.5. The number of nitrogens with zero attached hydrogens (tertiary/aromatic N) is 2. The molecule has 0 aromatic heterocycles. The SMILES string of the molecule is C=C[C@@H]1C[C@]1(NC(=O)[C@@H]1C[C@@H](OC(=O)N2Cc3cccc(F)c3C2)CN1C(=O)[C@@H](Nc1cccc(C(F)(F)F)c1)C(C)(C)C)C(=O)NS(=O)(=O)C1CC1. The van der Waals surface area contributed by atoms with Crippen molar-refractivity contribution in [3.63, 3.8) is 0 Å². The monoisotopic (exact) mass is 763 g/mol. The molecule has 0 radical (unpaired) electrons. The Morgan fingerprint density at radius 2 is 1.75 bits per heavy atom. The summed E-state index contributed by atoms with van der Waals surface area (Å²) in [6.45, 7) is 8.46. The van der Waals surface area contributed by atoms with Crippen molar-refractivity contribution in [2.24, 2.45) is 11.3 Å². The summed E-state index contributed by atoms with van der Waals surface area (Å²) in [7, 11) is -3.98. The minimum absolute atomic E-state index is 0.00332. The molecule has 3 fully saturated rings. The van der Waals surface area contributed by atoms with Crippen molar-refractivity contribution < 1.29 is 49.9 Å². The Kier molecular flexibility index (Phi) is 9.79. The number of ether oxygens (including phenoxy) is 1. The molecule has 12 nitrogen and oxygen atoms in total. The molecule has 2 saturated carbocycles. The fraction of sp³-hybridized carbons (Fsp3) is 0.500. The number of carbonyl (C=O) groups is 4. The summed E-state index contributed by atoms with van der Waals surface area (Å²) in [4.78, 5) is 57.8. The third-order valence-electron chi connectivity index (χ3n) is 10.2. The van der Waals surface area contributed by atoms with Gasteiger partial charge in [0.15, 0.2) is 0 Å². The zero-order valence-electron chi connectivity index (χ0n) is 29.3. The standard InChI is InChI=1S/C36H41F4N5O7S/c1-5-21-16-35(21,32(48)43-53(50,51)25-12-13-25)42-30(46)28-15-24(52-33(49)44-17-20-8-6-11-27(37)26(20)19-44)18-45(28)31(47)29(34(2,3)4)41-23-10-7-9-22(14-23)36(38,39)40/h5-11,14,21,24-25,28-29,41H,1,12-13,15-19H2,2-4H3,(H,42,46)(H,43,48)/t21-,24-,28+,29-,35-/m1/s1. The van der Waals surface area contributed by atoms with E-state index in [-0.39, 0.29) is 38.2 Å². The average molecular weight is 764 g/mol. The first kappa shape index (κ1) is 38.1. The molecule has 17 heteroatoms. The molecule has 4 amide bonds. The molecule has 2 heterocycles. The van der Waals surface area contributed by atoms with Crippen LogP contribution in [0.3, 0.4) is 0 Å². The third kappa shape index (κ3) is 7.85. The van der Waals surface area contributed by atoms with E-state index in [9.17, 15) is 45.2 Å². The lowest BCUT2D eigenvalue weighted by atomic mass is 9.85. The topological polar surface area (TPSA) is 154 Å². The van der Waals surface area contributed by atoms with Gasteiger partial charge >= 0.3 is 12.3 Å². The van der Waals surface area contributed by atoms with Crippen LogP contribution in [-0.4, -0.2) is 77.6 Å². The summed E-state index contributed by atoms with van der Waals surface area (Å²) < 4.78 is 88.1. The fourth-order valence-corrected chi connectivity index (χ4v) is 8.25. The molecule has 2 aliphatic carbocycles. The van der Waals surface area contributed by atoms with Gasteiger partial charge in [0, 0.05) is 30.1 Å². The fourth-order valence-electron chi connectivity index (χ4n) is 6.89. The van der Waals surface area contributed by atoms with E-state index in [1.54, 1.807) is 26.8 Å². The van der Waals surface area contributed by atoms with E-state index in [0.717, 1.165) is 17.0 Å². The number of hydrogen-bond acceptors (Lipinski definition) is 8. The maximum Gasteiger partial charge on any atom is 0.416 e. The van der Waals surface area contributed by atoms with E-state index in [1.165, 1.54) is 35.2 Å². The van der Waals surface area contributed by atoms with Crippen LogP contribution in [0.1, 0.15) is 63.1 Å². The van der Waals surface area contributed by atoms with Gasteiger partial charge < -0.3 is 20.3 Å². The van der Waals surface area contributed by atoms with Gasteiger partial charge in [0.05, 0.1) is 23.9 Å². The van der Waals surface area contributed by atoms with Crippen LogP contribution in [0.2, 0.25) is 0 Å². The van der Waals surface area contributed by atoms with Crippen LogP contribution in [0.5, 0.6) is 0 Å². The molecular weight excluding hydrogens is 722 g/mol. The van der Waals surface area contributed by atoms with E-state index >= 15 is 0 Å². The lowest BCUT2D eigenvalue weighted by molar-refractivity contribution is -0.141. The summed E-state index contributed by atoms with van der Waals surface area (Å²) in [5.41, 5.74) is -2.61. The van der Waals surface area contributed by atoms with Crippen molar-refractivity contribution in [3.05, 3.63) is 77.6 Å². The Bertz CT molecular complexity index is 1950. The normalized spacial score (nSPS) is 24.5. The maximum absolute atomic E-state index is 14.5. The molecular formula is C36H41F4N5O7S. The molecule has 286 valence electrons. The number of carbonyl (C=O) groups excluding carboxylic acids is 4. The number of halogens is 4. The Morgan fingerprint density at radius 1 is 1.06 bits per heavy atom. The zero-order valence-corrected chi connectivity index (χ0v) is 30.2. The number of rotatable bonds is 10. The highest BCUT2D eigenvalue weighted by molar-refractivity contribution is 7.91. The quantitative estimate of drug-likeness (QED) is 0.237. The second-order valence-corrected chi connectivity index (χ2v) is 17.1. The highest BCUT2D eigenvalue weighted by atomic mass is 32.2. The van der Waals surface area contributed by atoms with E-state index < -0.39 is 91.7 Å². The molecule has 0 unspecified atom stereocenters. The van der Waals surface area contributed by atoms with E-state index in [4.69, 9.17) is 4.74 Å². The zero-order chi connectivity index (χ0) is 38.7. The van der Waals surface area contributed by atoms with Crippen molar-refractivity contribution in [2.75, 3.05) is 11.9 Å². The number of alkyl halides is 3. The number of hydrogen-bond donors (Lipinski definition) is 3. The van der Waals surface area contributed by atoms with Gasteiger partial charge in [-0.05, 0) is 54.5 Å². The lowest BCUT2D eigenvalue weighted by Crippen LogP contribution is -2.58. The minimum Gasteiger partial charge on any atom is -0.444 e. The van der Waals surface area contributed by atoms with E-state index in [2.05, 4.69) is 21.9 Å². The molecule has 2 aromatic rings. The van der Waals surface area contributed by atoms with Crippen molar-refractivity contribution >= 4 is 39.5 Å². The molecule has 0 bridgehead atoms. The van der Waals surface area contributed by atoms with Gasteiger partial charge in [-0.25, -0.2) is 17.6 Å². The smallest absolute Gasteiger partial charge is 0.416 e. The number of anilines is 1. The van der Waals surface area contributed by atoms with Crippen LogP contribution in [0.25, 0.3) is 0 Å². The van der Waals surface area contributed by atoms with Gasteiger partial charge in [-0.15, -0.1) is 6.58 Å². The minimum atomic E-state index is -4.65. The molecule has 53 heavy (non-hydrogen) atoms. The summed E-state index contributed by atoms with van der Waals surface area (Å²) in [6.07, 6.45) is -4.50. The van der Waals surface area contributed by atoms with Crippen LogP contribution in [0.15, 0.2) is 55.1 Å². The summed E-state index contributed by atoms with van der Waals surface area (Å²) in [6, 6.07) is 6.26. The van der Waals surface area contributed by atoms with Gasteiger partial charge in [-0.3, -0.25) is 24.0 Å². The Hall–Kier alpha value is -4.67. The highest BCUT2D eigenvalue weighted by Crippen LogP contribution is 2.46. The van der Waals surface area contributed by atoms with E-state index in [0.29, 0.717) is 24.0 Å². The van der Waals surface area contributed by atoms with Crippen molar-refractivity contribution in [3.8, 4) is 0 Å². The molecule has 5 atom stereocenters. The average Bonchev–Trinajstić information content (AvgIpc) is 3.97. The first-order valence-electron chi connectivity index (χ1n) is 17.2. The second-order valence-electron chi connectivity index (χ2n) is 15.2. The third-order valence-corrected chi connectivity index (χ3v) is 12.0. The van der Waals surface area contributed by atoms with Gasteiger partial charge in [-0.1, -0.05) is 45.0 Å². The largest absolute Gasteiger partial charge is 0.444 e. The number of sulfonamides is 1. The molecule has 6 rings (SSSR count). The van der Waals surface area contributed by atoms with Crippen LogP contribution >= 0.6 is 0 Å². The summed E-state index contributed by atoms with van der Waals surface area (Å²) in [5, 5.41) is 4.85. The van der Waals surface area contributed by atoms with Gasteiger partial charge in [0.2, 0.25) is 21.8 Å². The van der Waals surface area contributed by atoms with Crippen molar-refractivity contribution in [1.82, 2.24) is 19.8 Å². The molecule has 0 spiro atoms. The van der Waals surface area contributed by atoms with E-state index in [1.807, 2.05) is 0 Å². The number of nitrogens with one attached hydrogen (secondary N) is 3. The predicted molar refractivity (Wildman–Crippen MR) is 184 cm³/mol. The summed E-state index contributed by atoms with van der Waals surface area (Å²) in [5.74, 6) is -3.57. The van der Waals surface area contributed by atoms with Crippen LogP contribution in [0, 0.1) is 17.2 Å². The first-order valence-corrected chi connectivity index (χ1v) is 18.7. The van der Waals surface area contributed by atoms with Crippen LogP contribution in [-0.2, 0) is 48.4 Å². The first-order chi connectivity index (χ1) is 24.7. The second kappa shape index (κ2) is 13.6. The number of fused-ring (bicyclic) bond motifs is 1. The van der Waals surface area contributed by atoms with Crippen molar-refractivity contribution in [2.45, 2.75) is 94.7 Å². The number of benzene rings is 2. The Labute approximate surface area is 304 Å². The van der Waals surface area contributed by atoms with Gasteiger partial charge in [0.1, 0.15) is 29.5 Å². The highest BCUT2D eigenvalue weighted by Gasteiger charge is 2.62. The summed E-state index contributed by atoms with van der Waals surface area (Å²) >= 11 is 0. The molecule has 4 aliphatic rings. The van der Waals surface area contributed by atoms with Crippen LogP contribution in [0.4, 0.5) is 28.0 Å². The number of amides is 4. The lowest BCUT2D eigenvalue weighted by Gasteiger charge is -2.36. The van der Waals surface area contributed by atoms with Gasteiger partial charge in [0.25, 0.3) is 5.91 Å². The van der Waals surface area contributed by atoms with Crippen molar-refractivity contribution in [1.29, 1.82) is 0 Å². The predicted octanol–water partition coefficient (Wildman–Crippen LogP) is 4.46. The number of likely N-dealkylation sites (tertiary alicyclic amines) is 1. The molecule has 3 N–H and O–H groups in total.